The van der Waals surface area contributed by atoms with Crippen molar-refractivity contribution in [2.24, 2.45) is 0 Å². The highest BCUT2D eigenvalue weighted by molar-refractivity contribution is 6.31. The molecule has 0 spiro atoms. The van der Waals surface area contributed by atoms with Gasteiger partial charge in [0.05, 0.1) is 24.4 Å². The molecule has 1 N–H and O–H groups in total. The monoisotopic (exact) mass is 504 g/mol. The lowest BCUT2D eigenvalue weighted by Crippen LogP contribution is -2.39. The summed E-state index contributed by atoms with van der Waals surface area (Å²) in [7, 11) is 1.48. The van der Waals surface area contributed by atoms with Gasteiger partial charge in [0.25, 0.3) is 0 Å². The summed E-state index contributed by atoms with van der Waals surface area (Å²) in [6.07, 6.45) is 1.57. The van der Waals surface area contributed by atoms with Gasteiger partial charge < -0.3 is 19.9 Å². The number of nitrogens with zero attached hydrogens (tertiary/aromatic N) is 5. The number of anilines is 2. The summed E-state index contributed by atoms with van der Waals surface area (Å²) in [5.74, 6) is -0.844. The lowest BCUT2D eigenvalue weighted by Gasteiger charge is -2.25. The van der Waals surface area contributed by atoms with E-state index in [1.807, 2.05) is 0 Å². The SMILES string of the molecule is COc1cc(N2CCC(=O)N(CC(=O)Nc3ccc(F)c(Cl)c3)CC2)c(F)cc1-n1cnc(C)n1. The average Bonchev–Trinajstić information content (AvgIpc) is 3.18. The molecule has 0 unspecified atom stereocenters. The molecule has 1 aliphatic heterocycles. The Hall–Kier alpha value is -3.73. The van der Waals surface area contributed by atoms with Gasteiger partial charge in [0.1, 0.15) is 35.2 Å². The van der Waals surface area contributed by atoms with E-state index in [9.17, 15) is 14.0 Å². The number of carbonyl (C=O) groups excluding carboxylic acids is 2. The first-order chi connectivity index (χ1) is 16.7. The molecule has 3 aromatic rings. The predicted octanol–water partition coefficient (Wildman–Crippen LogP) is 3.19. The molecule has 0 saturated carbocycles. The Bertz CT molecular complexity index is 1270. The minimum atomic E-state index is -0.597. The Morgan fingerprint density at radius 1 is 1.14 bits per heavy atom. The lowest BCUT2D eigenvalue weighted by molar-refractivity contribution is -0.133. The van der Waals surface area contributed by atoms with Crippen LogP contribution in [0.4, 0.5) is 20.2 Å². The van der Waals surface area contributed by atoms with Crippen LogP contribution in [0.25, 0.3) is 5.69 Å². The summed E-state index contributed by atoms with van der Waals surface area (Å²) in [5, 5.41) is 6.69. The van der Waals surface area contributed by atoms with Crippen LogP contribution < -0.4 is 15.0 Å². The number of benzene rings is 2. The Kier molecular flexibility index (Phi) is 7.15. The quantitative estimate of drug-likeness (QED) is 0.554. The third-order valence-electron chi connectivity index (χ3n) is 5.57. The number of ether oxygens (including phenoxy) is 1. The van der Waals surface area contributed by atoms with Crippen molar-refractivity contribution in [3.63, 3.8) is 0 Å². The van der Waals surface area contributed by atoms with Gasteiger partial charge in [-0.1, -0.05) is 11.6 Å². The van der Waals surface area contributed by atoms with Crippen LogP contribution in [0.5, 0.6) is 5.75 Å². The molecule has 2 amide bonds. The van der Waals surface area contributed by atoms with Gasteiger partial charge in [-0.2, -0.15) is 5.10 Å². The van der Waals surface area contributed by atoms with Crippen LogP contribution in [0.3, 0.4) is 0 Å². The van der Waals surface area contributed by atoms with Gasteiger partial charge in [0.2, 0.25) is 11.8 Å². The maximum Gasteiger partial charge on any atom is 0.243 e. The number of methoxy groups -OCH3 is 1. The Balaban J connectivity index is 1.46. The number of amides is 2. The number of halogens is 3. The second-order valence-corrected chi connectivity index (χ2v) is 8.35. The first-order valence-corrected chi connectivity index (χ1v) is 11.2. The average molecular weight is 505 g/mol. The van der Waals surface area contributed by atoms with Crippen molar-refractivity contribution in [1.82, 2.24) is 19.7 Å². The molecule has 12 heteroatoms. The van der Waals surface area contributed by atoms with E-state index in [0.29, 0.717) is 29.5 Å². The smallest absolute Gasteiger partial charge is 0.243 e. The molecule has 2 aromatic carbocycles. The number of aryl methyl sites for hydroxylation is 1. The molecule has 0 bridgehead atoms. The number of carbonyl (C=O) groups is 2. The fourth-order valence-electron chi connectivity index (χ4n) is 3.80. The second-order valence-electron chi connectivity index (χ2n) is 7.94. The summed E-state index contributed by atoms with van der Waals surface area (Å²) in [6.45, 7) is 2.32. The van der Waals surface area contributed by atoms with Crippen molar-refractivity contribution in [2.45, 2.75) is 13.3 Å². The lowest BCUT2D eigenvalue weighted by atomic mass is 10.2. The zero-order valence-electron chi connectivity index (χ0n) is 19.1. The summed E-state index contributed by atoms with van der Waals surface area (Å²) in [5.41, 5.74) is 1.00. The number of hydrogen-bond donors (Lipinski definition) is 1. The molecule has 1 aliphatic rings. The molecular weight excluding hydrogens is 482 g/mol. The van der Waals surface area contributed by atoms with Gasteiger partial charge in [-0.25, -0.2) is 18.4 Å². The van der Waals surface area contributed by atoms with E-state index in [-0.39, 0.29) is 42.7 Å². The molecule has 1 fully saturated rings. The van der Waals surface area contributed by atoms with Crippen molar-refractivity contribution >= 4 is 34.8 Å². The topological polar surface area (TPSA) is 92.6 Å². The fraction of sp³-hybridized carbons (Fsp3) is 0.304. The third kappa shape index (κ3) is 5.51. The molecule has 4 rings (SSSR count). The second kappa shape index (κ2) is 10.3. The van der Waals surface area contributed by atoms with Crippen molar-refractivity contribution in [2.75, 3.05) is 43.5 Å². The summed E-state index contributed by atoms with van der Waals surface area (Å²) in [6, 6.07) is 6.69. The van der Waals surface area contributed by atoms with Crippen LogP contribution in [0.1, 0.15) is 12.2 Å². The highest BCUT2D eigenvalue weighted by atomic mass is 35.5. The van der Waals surface area contributed by atoms with E-state index in [1.54, 1.807) is 17.9 Å². The van der Waals surface area contributed by atoms with Crippen molar-refractivity contribution in [1.29, 1.82) is 0 Å². The van der Waals surface area contributed by atoms with Crippen molar-refractivity contribution in [3.8, 4) is 11.4 Å². The largest absolute Gasteiger partial charge is 0.494 e. The van der Waals surface area contributed by atoms with E-state index >= 15 is 4.39 Å². The molecule has 1 saturated heterocycles. The molecule has 0 radical (unpaired) electrons. The highest BCUT2D eigenvalue weighted by Gasteiger charge is 2.25. The van der Waals surface area contributed by atoms with Crippen LogP contribution in [-0.4, -0.2) is 64.8 Å². The Morgan fingerprint density at radius 2 is 1.94 bits per heavy atom. The number of nitrogens with one attached hydrogen (secondary N) is 1. The summed E-state index contributed by atoms with van der Waals surface area (Å²) < 4.78 is 35.3. The first kappa shape index (κ1) is 24.4. The van der Waals surface area contributed by atoms with Crippen LogP contribution >= 0.6 is 11.6 Å². The normalized spacial score (nSPS) is 14.1. The van der Waals surface area contributed by atoms with Gasteiger partial charge in [0.15, 0.2) is 0 Å². The maximum atomic E-state index is 15.1. The molecule has 0 aliphatic carbocycles. The molecule has 9 nitrogen and oxygen atoms in total. The van der Waals surface area contributed by atoms with Gasteiger partial charge in [0, 0.05) is 43.9 Å². The molecule has 184 valence electrons. The Morgan fingerprint density at radius 3 is 2.63 bits per heavy atom. The van der Waals surface area contributed by atoms with E-state index in [0.717, 1.165) is 6.07 Å². The zero-order chi connectivity index (χ0) is 25.1. The van der Waals surface area contributed by atoms with E-state index in [2.05, 4.69) is 15.4 Å². The highest BCUT2D eigenvalue weighted by Crippen LogP contribution is 2.32. The van der Waals surface area contributed by atoms with Gasteiger partial charge in [-0.3, -0.25) is 9.59 Å². The van der Waals surface area contributed by atoms with E-state index in [1.165, 1.54) is 41.2 Å². The number of aromatic nitrogens is 3. The minimum absolute atomic E-state index is 0.0986. The summed E-state index contributed by atoms with van der Waals surface area (Å²) >= 11 is 5.74. The van der Waals surface area contributed by atoms with Gasteiger partial charge in [-0.15, -0.1) is 0 Å². The predicted molar refractivity (Wildman–Crippen MR) is 126 cm³/mol. The fourth-order valence-corrected chi connectivity index (χ4v) is 3.98. The summed E-state index contributed by atoms with van der Waals surface area (Å²) in [4.78, 5) is 32.3. The minimum Gasteiger partial charge on any atom is -0.494 e. The molecule has 0 atom stereocenters. The van der Waals surface area contributed by atoms with Crippen LogP contribution in [0.2, 0.25) is 5.02 Å². The van der Waals surface area contributed by atoms with Gasteiger partial charge >= 0.3 is 0 Å². The standard InChI is InChI=1S/C23H23ClF2N6O3/c1-14-27-13-32(29-14)20-10-18(26)19(11-21(20)35-2)30-6-5-23(34)31(8-7-30)12-22(33)28-15-3-4-17(25)16(24)9-15/h3-4,9-11,13H,5-8,12H2,1-2H3,(H,28,33). The number of rotatable bonds is 6. The molecular formula is C23H23ClF2N6O3. The molecule has 35 heavy (non-hydrogen) atoms. The Labute approximate surface area is 205 Å². The maximum absolute atomic E-state index is 15.1. The molecule has 2 heterocycles. The number of hydrogen-bond acceptors (Lipinski definition) is 6. The van der Waals surface area contributed by atoms with Gasteiger partial charge in [-0.05, 0) is 25.1 Å². The van der Waals surface area contributed by atoms with Crippen LogP contribution in [-0.2, 0) is 9.59 Å². The van der Waals surface area contributed by atoms with Crippen molar-refractivity contribution < 1.29 is 23.1 Å². The zero-order valence-corrected chi connectivity index (χ0v) is 19.9. The van der Waals surface area contributed by atoms with Crippen LogP contribution in [0, 0.1) is 18.6 Å². The molecule has 1 aromatic heterocycles. The van der Waals surface area contributed by atoms with E-state index < -0.39 is 17.5 Å². The van der Waals surface area contributed by atoms with Crippen LogP contribution in [0.15, 0.2) is 36.7 Å². The van der Waals surface area contributed by atoms with E-state index in [4.69, 9.17) is 16.3 Å². The van der Waals surface area contributed by atoms with Crippen molar-refractivity contribution in [3.05, 3.63) is 59.1 Å². The third-order valence-corrected chi connectivity index (χ3v) is 5.86. The first-order valence-electron chi connectivity index (χ1n) is 10.8.